The van der Waals surface area contributed by atoms with Crippen LogP contribution in [0.3, 0.4) is 0 Å². The minimum Gasteiger partial charge on any atom is -0.384 e. The van der Waals surface area contributed by atoms with E-state index in [4.69, 9.17) is 5.11 Å². The molecule has 2 heterocycles. The van der Waals surface area contributed by atoms with E-state index in [-0.39, 0.29) is 18.6 Å². The number of amides is 1. The molecule has 6 heteroatoms. The second kappa shape index (κ2) is 7.36. The number of nitrogens with zero attached hydrogens (tertiary/aromatic N) is 1. The van der Waals surface area contributed by atoms with Crippen LogP contribution in [0.2, 0.25) is 0 Å². The normalized spacial score (nSPS) is 11.6. The maximum Gasteiger partial charge on any atom is 0.261 e. The van der Waals surface area contributed by atoms with Gasteiger partial charge in [0.15, 0.2) is 0 Å². The number of hydrogen-bond donors (Lipinski definition) is 2. The molecular weight excluding hydrogens is 304 g/mol. The highest BCUT2D eigenvalue weighted by Gasteiger charge is 2.18. The summed E-state index contributed by atoms with van der Waals surface area (Å²) >= 11 is 2.88. The maximum atomic E-state index is 12.3. The van der Waals surface area contributed by atoms with Gasteiger partial charge in [-0.1, -0.05) is 18.8 Å². The lowest BCUT2D eigenvalue weighted by atomic mass is 10.2. The Morgan fingerprint density at radius 3 is 3.00 bits per heavy atom. The zero-order valence-corrected chi connectivity index (χ0v) is 13.5. The minimum atomic E-state index is -0.180. The summed E-state index contributed by atoms with van der Waals surface area (Å²) < 4.78 is 0. The van der Waals surface area contributed by atoms with Gasteiger partial charge in [0.1, 0.15) is 11.6 Å². The lowest BCUT2D eigenvalue weighted by molar-refractivity contribution is 0.0939. The Morgan fingerprint density at radius 1 is 1.57 bits per heavy atom. The van der Waals surface area contributed by atoms with Crippen LogP contribution in [0.5, 0.6) is 0 Å². The van der Waals surface area contributed by atoms with Gasteiger partial charge in [-0.15, -0.1) is 22.7 Å². The summed E-state index contributed by atoms with van der Waals surface area (Å²) in [5, 5.41) is 14.6. The van der Waals surface area contributed by atoms with Crippen LogP contribution >= 0.6 is 22.7 Å². The molecular formula is C15H16N2O2S2. The number of aliphatic hydroxyl groups is 1. The van der Waals surface area contributed by atoms with Crippen molar-refractivity contribution in [3.63, 3.8) is 0 Å². The maximum absolute atomic E-state index is 12.3. The van der Waals surface area contributed by atoms with E-state index in [9.17, 15) is 4.79 Å². The first-order chi connectivity index (χ1) is 10.2. The van der Waals surface area contributed by atoms with Gasteiger partial charge >= 0.3 is 0 Å². The smallest absolute Gasteiger partial charge is 0.261 e. The van der Waals surface area contributed by atoms with Crippen molar-refractivity contribution in [3.05, 3.63) is 38.0 Å². The van der Waals surface area contributed by atoms with Crippen molar-refractivity contribution >= 4 is 28.6 Å². The third-order valence-electron chi connectivity index (χ3n) is 2.89. The van der Waals surface area contributed by atoms with E-state index in [2.05, 4.69) is 22.1 Å². The molecule has 0 aliphatic rings. The van der Waals surface area contributed by atoms with Crippen LogP contribution in [0.4, 0.5) is 0 Å². The predicted octanol–water partition coefficient (Wildman–Crippen LogP) is 2.74. The number of carbonyl (C=O) groups is 1. The van der Waals surface area contributed by atoms with E-state index in [1.165, 1.54) is 22.7 Å². The van der Waals surface area contributed by atoms with Crippen LogP contribution in [0.1, 0.15) is 44.5 Å². The Morgan fingerprint density at radius 2 is 2.38 bits per heavy atom. The molecule has 0 radical (unpaired) electrons. The summed E-state index contributed by atoms with van der Waals surface area (Å²) in [6.07, 6.45) is 2.54. The molecule has 1 amide bonds. The van der Waals surface area contributed by atoms with Crippen LogP contribution in [0.25, 0.3) is 0 Å². The lowest BCUT2D eigenvalue weighted by Crippen LogP contribution is -2.27. The van der Waals surface area contributed by atoms with Crippen molar-refractivity contribution in [1.82, 2.24) is 10.3 Å². The molecule has 2 aromatic rings. The second-order valence-electron chi connectivity index (χ2n) is 4.39. The number of aromatic nitrogens is 1. The van der Waals surface area contributed by atoms with Gasteiger partial charge in [-0.25, -0.2) is 4.98 Å². The van der Waals surface area contributed by atoms with Crippen LogP contribution in [-0.4, -0.2) is 22.6 Å². The third-order valence-corrected chi connectivity index (χ3v) is 4.93. The number of hydrogen-bond acceptors (Lipinski definition) is 5. The molecule has 0 spiro atoms. The quantitative estimate of drug-likeness (QED) is 0.852. The second-order valence-corrected chi connectivity index (χ2v) is 6.37. The molecule has 21 heavy (non-hydrogen) atoms. The Balaban J connectivity index is 2.13. The van der Waals surface area contributed by atoms with Gasteiger partial charge in [0.25, 0.3) is 5.91 Å². The molecule has 0 saturated carbocycles. The van der Waals surface area contributed by atoms with Crippen molar-refractivity contribution in [2.24, 2.45) is 0 Å². The number of aliphatic hydroxyl groups excluding tert-OH is 1. The van der Waals surface area contributed by atoms with Gasteiger partial charge in [-0.2, -0.15) is 0 Å². The van der Waals surface area contributed by atoms with Gasteiger partial charge in [0.2, 0.25) is 0 Å². The first-order valence-corrected chi connectivity index (χ1v) is 8.25. The number of rotatable bonds is 4. The molecule has 1 atom stereocenters. The van der Waals surface area contributed by atoms with Gasteiger partial charge in [0.05, 0.1) is 15.8 Å². The molecule has 0 saturated heterocycles. The first-order valence-electron chi connectivity index (χ1n) is 6.56. The van der Waals surface area contributed by atoms with E-state index in [0.717, 1.165) is 21.9 Å². The van der Waals surface area contributed by atoms with Crippen LogP contribution < -0.4 is 5.32 Å². The monoisotopic (exact) mass is 320 g/mol. The summed E-state index contributed by atoms with van der Waals surface area (Å²) in [5.41, 5.74) is 0.952. The number of carbonyl (C=O) groups excluding carboxylic acids is 1. The fraction of sp³-hybridized carbons (Fsp3) is 0.333. The molecule has 2 aromatic heterocycles. The fourth-order valence-corrected chi connectivity index (χ4v) is 3.54. The van der Waals surface area contributed by atoms with Gasteiger partial charge in [-0.05, 0) is 25.0 Å². The van der Waals surface area contributed by atoms with Gasteiger partial charge in [-0.3, -0.25) is 4.79 Å². The van der Waals surface area contributed by atoms with Crippen LogP contribution in [0.15, 0.2) is 17.6 Å². The standard InChI is InChI=1S/C15H16N2O2S2/c1-3-11(15-16-6-8-20-15)17-14(19)13-9-10(2)12(21-13)5-4-7-18/h6,8-9,11,18H,3,7H2,1-2H3,(H,17,19). The van der Waals surface area contributed by atoms with Crippen molar-refractivity contribution in [2.45, 2.75) is 26.3 Å². The minimum absolute atomic E-state index is 0.0631. The van der Waals surface area contributed by atoms with Crippen molar-refractivity contribution in [1.29, 1.82) is 0 Å². The molecule has 0 fully saturated rings. The molecule has 2 N–H and O–H groups in total. The molecule has 2 rings (SSSR count). The highest BCUT2D eigenvalue weighted by Crippen LogP contribution is 2.23. The summed E-state index contributed by atoms with van der Waals surface area (Å²) in [6.45, 7) is 3.75. The molecule has 0 aliphatic heterocycles. The average molecular weight is 320 g/mol. The van der Waals surface area contributed by atoms with E-state index in [1.54, 1.807) is 6.20 Å². The van der Waals surface area contributed by atoms with Crippen LogP contribution in [-0.2, 0) is 0 Å². The largest absolute Gasteiger partial charge is 0.384 e. The summed E-state index contributed by atoms with van der Waals surface area (Å²) in [4.78, 5) is 18.0. The van der Waals surface area contributed by atoms with Gasteiger partial charge in [0, 0.05) is 11.6 Å². The van der Waals surface area contributed by atoms with Crippen molar-refractivity contribution in [3.8, 4) is 11.8 Å². The van der Waals surface area contributed by atoms with E-state index in [0.29, 0.717) is 4.88 Å². The summed E-state index contributed by atoms with van der Waals surface area (Å²) in [7, 11) is 0. The first kappa shape index (κ1) is 15.7. The molecule has 0 aliphatic carbocycles. The summed E-state index contributed by atoms with van der Waals surface area (Å²) in [5.74, 6) is 5.36. The van der Waals surface area contributed by atoms with E-state index >= 15 is 0 Å². The Kier molecular flexibility index (Phi) is 5.51. The molecule has 110 valence electrons. The van der Waals surface area contributed by atoms with Crippen molar-refractivity contribution < 1.29 is 9.90 Å². The molecule has 0 aromatic carbocycles. The van der Waals surface area contributed by atoms with E-state index < -0.39 is 0 Å². The number of thiophene rings is 1. The van der Waals surface area contributed by atoms with E-state index in [1.807, 2.05) is 25.3 Å². The molecule has 4 nitrogen and oxygen atoms in total. The topological polar surface area (TPSA) is 62.2 Å². The Hall–Kier alpha value is -1.68. The number of aryl methyl sites for hydroxylation is 1. The number of thiazole rings is 1. The SMILES string of the molecule is CCC(NC(=O)c1cc(C)c(C#CCO)s1)c1nccs1. The number of nitrogens with one attached hydrogen (secondary N) is 1. The Bertz CT molecular complexity index is 666. The van der Waals surface area contributed by atoms with Gasteiger partial charge < -0.3 is 10.4 Å². The van der Waals surface area contributed by atoms with Crippen molar-refractivity contribution in [2.75, 3.05) is 6.61 Å². The average Bonchev–Trinajstić information content (AvgIpc) is 3.12. The lowest BCUT2D eigenvalue weighted by Gasteiger charge is -2.13. The zero-order chi connectivity index (χ0) is 15.2. The third kappa shape index (κ3) is 3.91. The van der Waals surface area contributed by atoms with Crippen LogP contribution in [0, 0.1) is 18.8 Å². The fourth-order valence-electron chi connectivity index (χ4n) is 1.81. The highest BCUT2D eigenvalue weighted by atomic mass is 32.1. The zero-order valence-electron chi connectivity index (χ0n) is 11.8. The molecule has 0 bridgehead atoms. The highest BCUT2D eigenvalue weighted by molar-refractivity contribution is 7.14. The summed E-state index contributed by atoms with van der Waals surface area (Å²) in [6, 6.07) is 1.77. The predicted molar refractivity (Wildman–Crippen MR) is 85.6 cm³/mol. The molecule has 1 unspecified atom stereocenters. The Labute approximate surface area is 131 Å².